The van der Waals surface area contributed by atoms with Crippen LogP contribution >= 0.6 is 11.8 Å². The Morgan fingerprint density at radius 2 is 2.35 bits per heavy atom. The van der Waals surface area contributed by atoms with E-state index in [9.17, 15) is 4.79 Å². The van der Waals surface area contributed by atoms with E-state index >= 15 is 0 Å². The van der Waals surface area contributed by atoms with E-state index in [0.29, 0.717) is 23.0 Å². The number of piperidine rings is 1. The molecule has 0 radical (unpaired) electrons. The van der Waals surface area contributed by atoms with Crippen molar-refractivity contribution in [2.24, 2.45) is 0 Å². The molecule has 23 heavy (non-hydrogen) atoms. The molecule has 6 nitrogen and oxygen atoms in total. The second-order valence-electron chi connectivity index (χ2n) is 5.54. The van der Waals surface area contributed by atoms with Crippen molar-refractivity contribution in [3.8, 4) is 0 Å². The summed E-state index contributed by atoms with van der Waals surface area (Å²) in [7, 11) is 0. The summed E-state index contributed by atoms with van der Waals surface area (Å²) in [5, 5.41) is 10.2. The predicted octanol–water partition coefficient (Wildman–Crippen LogP) is 2.15. The lowest BCUT2D eigenvalue weighted by Crippen LogP contribution is -2.45. The molecule has 1 atom stereocenters. The van der Waals surface area contributed by atoms with Crippen molar-refractivity contribution in [1.82, 2.24) is 20.8 Å². The highest BCUT2D eigenvalue weighted by atomic mass is 32.2. The second-order valence-corrected chi connectivity index (χ2v) is 6.55. The maximum atomic E-state index is 12.5. The van der Waals surface area contributed by atoms with E-state index in [2.05, 4.69) is 20.8 Å². The van der Waals surface area contributed by atoms with Gasteiger partial charge in [0.2, 0.25) is 5.89 Å². The Balaban J connectivity index is 1.65. The molecule has 122 valence electrons. The first-order valence-electron chi connectivity index (χ1n) is 7.75. The number of benzene rings is 1. The molecule has 0 unspecified atom stereocenters. The number of nitrogens with zero attached hydrogens (tertiary/aromatic N) is 2. The minimum Gasteiger partial charge on any atom is -0.348 e. The van der Waals surface area contributed by atoms with Gasteiger partial charge in [-0.3, -0.25) is 4.79 Å². The summed E-state index contributed by atoms with van der Waals surface area (Å²) in [6.45, 7) is 3.65. The van der Waals surface area contributed by atoms with E-state index < -0.39 is 0 Å². The normalized spacial score (nSPS) is 17.9. The highest BCUT2D eigenvalue weighted by Crippen LogP contribution is 2.26. The van der Waals surface area contributed by atoms with E-state index in [1.165, 1.54) is 11.8 Å². The molecule has 1 aromatic heterocycles. The van der Waals surface area contributed by atoms with Gasteiger partial charge in [-0.25, -0.2) is 0 Å². The Hall–Kier alpha value is -1.86. The summed E-state index contributed by atoms with van der Waals surface area (Å²) in [6.07, 6.45) is 2.12. The quantitative estimate of drug-likeness (QED) is 0.817. The molecule has 1 fully saturated rings. The molecule has 0 saturated carbocycles. The summed E-state index contributed by atoms with van der Waals surface area (Å²) in [4.78, 5) is 17.7. The van der Waals surface area contributed by atoms with E-state index in [4.69, 9.17) is 4.52 Å². The molecule has 7 heteroatoms. The molecule has 0 aliphatic carbocycles. The van der Waals surface area contributed by atoms with Gasteiger partial charge < -0.3 is 15.2 Å². The third-order valence-electron chi connectivity index (χ3n) is 3.68. The van der Waals surface area contributed by atoms with Gasteiger partial charge in [-0.05, 0) is 38.4 Å². The van der Waals surface area contributed by atoms with Crippen LogP contribution in [0, 0.1) is 6.92 Å². The monoisotopic (exact) mass is 332 g/mol. The van der Waals surface area contributed by atoms with Crippen molar-refractivity contribution >= 4 is 17.7 Å². The Labute approximate surface area is 139 Å². The van der Waals surface area contributed by atoms with E-state index in [1.807, 2.05) is 24.3 Å². The van der Waals surface area contributed by atoms with Crippen molar-refractivity contribution in [2.45, 2.75) is 36.5 Å². The number of hydrogen-bond acceptors (Lipinski definition) is 6. The number of thioether (sulfide) groups is 1. The fourth-order valence-corrected chi connectivity index (χ4v) is 3.44. The van der Waals surface area contributed by atoms with Gasteiger partial charge in [0.05, 0.1) is 11.3 Å². The van der Waals surface area contributed by atoms with Crippen LogP contribution in [-0.2, 0) is 5.75 Å². The highest BCUT2D eigenvalue weighted by molar-refractivity contribution is 7.98. The molecule has 2 N–H and O–H groups in total. The van der Waals surface area contributed by atoms with Gasteiger partial charge >= 0.3 is 0 Å². The summed E-state index contributed by atoms with van der Waals surface area (Å²) >= 11 is 1.53. The number of aryl methyl sites for hydroxylation is 1. The average Bonchev–Trinajstić information content (AvgIpc) is 2.99. The molecule has 0 bridgehead atoms. The molecule has 2 heterocycles. The molecular weight excluding hydrogens is 312 g/mol. The molecule has 1 aromatic carbocycles. The Morgan fingerprint density at radius 1 is 1.48 bits per heavy atom. The Bertz CT molecular complexity index is 668. The number of amides is 1. The number of carbonyl (C=O) groups excluding carboxylic acids is 1. The van der Waals surface area contributed by atoms with Gasteiger partial charge in [-0.1, -0.05) is 17.3 Å². The SMILES string of the molecule is Cc1noc(CSc2ccccc2C(=O)N[C@H]2CCCNC2)n1. The van der Waals surface area contributed by atoms with Crippen LogP contribution in [0.1, 0.15) is 34.9 Å². The van der Waals surface area contributed by atoms with Crippen molar-refractivity contribution in [3.05, 3.63) is 41.5 Å². The van der Waals surface area contributed by atoms with Gasteiger partial charge in [0.25, 0.3) is 5.91 Å². The van der Waals surface area contributed by atoms with Gasteiger partial charge in [-0.2, -0.15) is 4.98 Å². The molecule has 3 rings (SSSR count). The van der Waals surface area contributed by atoms with Gasteiger partial charge in [0.15, 0.2) is 5.82 Å². The fraction of sp³-hybridized carbons (Fsp3) is 0.438. The number of rotatable bonds is 5. The number of hydrogen-bond donors (Lipinski definition) is 2. The minimum absolute atomic E-state index is 0.0245. The zero-order valence-electron chi connectivity index (χ0n) is 13.0. The van der Waals surface area contributed by atoms with Crippen LogP contribution in [0.3, 0.4) is 0 Å². The zero-order valence-corrected chi connectivity index (χ0v) is 13.9. The minimum atomic E-state index is -0.0245. The van der Waals surface area contributed by atoms with Crippen LogP contribution in [0.4, 0.5) is 0 Å². The molecule has 2 aromatic rings. The Kier molecular flexibility index (Phi) is 5.30. The van der Waals surface area contributed by atoms with Crippen LogP contribution in [0.5, 0.6) is 0 Å². The van der Waals surface area contributed by atoms with Gasteiger partial charge in [0, 0.05) is 17.5 Å². The molecular formula is C16H20N4O2S. The molecule has 1 aliphatic rings. The maximum absolute atomic E-state index is 12.5. The number of carbonyl (C=O) groups is 1. The van der Waals surface area contributed by atoms with Crippen LogP contribution in [0.25, 0.3) is 0 Å². The average molecular weight is 332 g/mol. The summed E-state index contributed by atoms with van der Waals surface area (Å²) in [5.41, 5.74) is 0.694. The largest absolute Gasteiger partial charge is 0.348 e. The van der Waals surface area contributed by atoms with Crippen molar-refractivity contribution in [3.63, 3.8) is 0 Å². The lowest BCUT2D eigenvalue weighted by Gasteiger charge is -2.24. The third kappa shape index (κ3) is 4.33. The van der Waals surface area contributed by atoms with Crippen LogP contribution in [-0.4, -0.2) is 35.2 Å². The lowest BCUT2D eigenvalue weighted by atomic mass is 10.1. The summed E-state index contributed by atoms with van der Waals surface area (Å²) < 4.78 is 5.12. The molecule has 0 spiro atoms. The predicted molar refractivity (Wildman–Crippen MR) is 88.4 cm³/mol. The van der Waals surface area contributed by atoms with Crippen LogP contribution in [0.15, 0.2) is 33.7 Å². The smallest absolute Gasteiger partial charge is 0.252 e. The van der Waals surface area contributed by atoms with Crippen LogP contribution < -0.4 is 10.6 Å². The first kappa shape index (κ1) is 16.0. The topological polar surface area (TPSA) is 80.0 Å². The third-order valence-corrected chi connectivity index (χ3v) is 4.74. The first-order valence-corrected chi connectivity index (χ1v) is 8.73. The van der Waals surface area contributed by atoms with E-state index in [-0.39, 0.29) is 11.9 Å². The summed E-state index contributed by atoms with van der Waals surface area (Å²) in [5.74, 6) is 1.72. The first-order chi connectivity index (χ1) is 11.2. The van der Waals surface area contributed by atoms with Gasteiger partial charge in [-0.15, -0.1) is 11.8 Å². The second kappa shape index (κ2) is 7.61. The van der Waals surface area contributed by atoms with Crippen molar-refractivity contribution in [2.75, 3.05) is 13.1 Å². The molecule has 1 amide bonds. The zero-order chi connectivity index (χ0) is 16.1. The van der Waals surface area contributed by atoms with Crippen molar-refractivity contribution < 1.29 is 9.32 Å². The van der Waals surface area contributed by atoms with Crippen LogP contribution in [0.2, 0.25) is 0 Å². The maximum Gasteiger partial charge on any atom is 0.252 e. The fourth-order valence-electron chi connectivity index (χ4n) is 2.56. The standard InChI is InChI=1S/C16H20N4O2S/c1-11-18-15(22-20-11)10-23-14-7-3-2-6-13(14)16(21)19-12-5-4-8-17-9-12/h2-3,6-7,12,17H,4-5,8-10H2,1H3,(H,19,21)/t12-/m0/s1. The molecule has 1 saturated heterocycles. The molecule has 1 aliphatic heterocycles. The summed E-state index contributed by atoms with van der Waals surface area (Å²) in [6, 6.07) is 7.82. The number of aromatic nitrogens is 2. The van der Waals surface area contributed by atoms with E-state index in [0.717, 1.165) is 30.8 Å². The van der Waals surface area contributed by atoms with Crippen molar-refractivity contribution in [1.29, 1.82) is 0 Å². The Morgan fingerprint density at radius 3 is 3.09 bits per heavy atom. The highest BCUT2D eigenvalue weighted by Gasteiger charge is 2.18. The van der Waals surface area contributed by atoms with E-state index in [1.54, 1.807) is 6.92 Å². The number of nitrogens with one attached hydrogen (secondary N) is 2. The lowest BCUT2D eigenvalue weighted by molar-refractivity contribution is 0.0927. The van der Waals surface area contributed by atoms with Gasteiger partial charge in [0.1, 0.15) is 0 Å².